The topological polar surface area (TPSA) is 65.1 Å². The molecule has 0 radical (unpaired) electrons. The smallest absolute Gasteiger partial charge is 0.409 e. The molecule has 0 atom stereocenters. The van der Waals surface area contributed by atoms with Gasteiger partial charge in [0.25, 0.3) is 0 Å². The third-order valence-electron chi connectivity index (χ3n) is 4.94. The Kier molecular flexibility index (Phi) is 6.20. The van der Waals surface area contributed by atoms with Gasteiger partial charge in [-0.25, -0.2) is 4.79 Å². The lowest BCUT2D eigenvalue weighted by Gasteiger charge is -2.34. The molecular formula is C19H28N4O3. The van der Waals surface area contributed by atoms with Crippen molar-refractivity contribution in [2.24, 2.45) is 0 Å². The number of benzene rings is 1. The van der Waals surface area contributed by atoms with Crippen molar-refractivity contribution < 1.29 is 14.3 Å². The fraction of sp³-hybridized carbons (Fsp3) is 0.579. The van der Waals surface area contributed by atoms with Crippen LogP contribution in [0, 0.1) is 0 Å². The Morgan fingerprint density at radius 1 is 0.962 bits per heavy atom. The Hall–Kier alpha value is -2.44. The van der Waals surface area contributed by atoms with Gasteiger partial charge in [-0.3, -0.25) is 4.79 Å². The second-order valence-corrected chi connectivity index (χ2v) is 6.66. The van der Waals surface area contributed by atoms with Crippen LogP contribution in [0.5, 0.6) is 0 Å². The van der Waals surface area contributed by atoms with Crippen LogP contribution in [0.15, 0.2) is 24.3 Å². The third kappa shape index (κ3) is 4.59. The number of anilines is 2. The first-order chi connectivity index (χ1) is 12.7. The molecule has 0 spiro atoms. The Bertz CT molecular complexity index is 606. The number of nitrogens with zero attached hydrogens (tertiary/aromatic N) is 3. The van der Waals surface area contributed by atoms with Crippen LogP contribution in [-0.2, 0) is 9.53 Å². The first-order valence-electron chi connectivity index (χ1n) is 9.45. The highest BCUT2D eigenvalue weighted by molar-refractivity contribution is 5.81. The molecule has 2 aliphatic heterocycles. The molecule has 0 unspecified atom stereocenters. The van der Waals surface area contributed by atoms with E-state index in [9.17, 15) is 9.59 Å². The molecule has 2 aliphatic rings. The highest BCUT2D eigenvalue weighted by Crippen LogP contribution is 2.22. The molecule has 7 nitrogen and oxygen atoms in total. The summed E-state index contributed by atoms with van der Waals surface area (Å²) in [5.41, 5.74) is 2.20. The molecule has 7 heteroatoms. The number of carbonyl (C=O) groups excluding carboxylic acids is 2. The van der Waals surface area contributed by atoms with Gasteiger partial charge in [0, 0.05) is 50.6 Å². The van der Waals surface area contributed by atoms with Crippen LogP contribution in [0.4, 0.5) is 16.2 Å². The Morgan fingerprint density at radius 3 is 2.19 bits per heavy atom. The van der Waals surface area contributed by atoms with Crippen molar-refractivity contribution in [2.45, 2.75) is 19.8 Å². The van der Waals surface area contributed by atoms with Crippen molar-refractivity contribution in [3.05, 3.63) is 24.3 Å². The molecule has 2 amide bonds. The average Bonchev–Trinajstić information content (AvgIpc) is 3.21. The molecule has 1 N–H and O–H groups in total. The third-order valence-corrected chi connectivity index (χ3v) is 4.94. The van der Waals surface area contributed by atoms with E-state index in [1.54, 1.807) is 16.7 Å². The second kappa shape index (κ2) is 8.78. The predicted molar refractivity (Wildman–Crippen MR) is 102 cm³/mol. The highest BCUT2D eigenvalue weighted by Gasteiger charge is 2.24. The van der Waals surface area contributed by atoms with Crippen molar-refractivity contribution >= 4 is 23.4 Å². The van der Waals surface area contributed by atoms with E-state index in [2.05, 4.69) is 22.3 Å². The standard InChI is InChI=1S/C19H28N4O3/c1-2-26-19(25)23-13-11-22(12-14-23)18(24)15-20-16-5-7-17(8-6-16)21-9-3-4-10-21/h5-8,20H,2-4,9-15H2,1H3. The highest BCUT2D eigenvalue weighted by atomic mass is 16.6. The maximum atomic E-state index is 12.4. The van der Waals surface area contributed by atoms with Crippen molar-refractivity contribution in [3.8, 4) is 0 Å². The molecule has 1 aromatic carbocycles. The van der Waals surface area contributed by atoms with Gasteiger partial charge in [-0.2, -0.15) is 0 Å². The van der Waals surface area contributed by atoms with Crippen molar-refractivity contribution in [1.82, 2.24) is 9.80 Å². The zero-order valence-electron chi connectivity index (χ0n) is 15.4. The summed E-state index contributed by atoms with van der Waals surface area (Å²) in [6.07, 6.45) is 2.23. The zero-order chi connectivity index (χ0) is 18.4. The lowest BCUT2D eigenvalue weighted by molar-refractivity contribution is -0.130. The lowest BCUT2D eigenvalue weighted by atomic mass is 10.2. The van der Waals surface area contributed by atoms with Gasteiger partial charge in [-0.1, -0.05) is 0 Å². The lowest BCUT2D eigenvalue weighted by Crippen LogP contribution is -2.51. The van der Waals surface area contributed by atoms with Gasteiger partial charge in [0.05, 0.1) is 13.2 Å². The predicted octanol–water partition coefficient (Wildman–Crippen LogP) is 2.00. The summed E-state index contributed by atoms with van der Waals surface area (Å²) in [5.74, 6) is 0.0529. The Morgan fingerprint density at radius 2 is 1.58 bits per heavy atom. The molecule has 3 rings (SSSR count). The van der Waals surface area contributed by atoms with Crippen molar-refractivity contribution in [2.75, 3.05) is 62.6 Å². The number of hydrogen-bond donors (Lipinski definition) is 1. The summed E-state index contributed by atoms with van der Waals surface area (Å²) in [7, 11) is 0. The summed E-state index contributed by atoms with van der Waals surface area (Å²) < 4.78 is 5.00. The van der Waals surface area contributed by atoms with Crippen LogP contribution in [0.1, 0.15) is 19.8 Å². The number of carbonyl (C=O) groups is 2. The monoisotopic (exact) mass is 360 g/mol. The van der Waals surface area contributed by atoms with E-state index in [1.165, 1.54) is 18.5 Å². The number of rotatable bonds is 5. The van der Waals surface area contributed by atoms with E-state index in [4.69, 9.17) is 4.74 Å². The van der Waals surface area contributed by atoms with Gasteiger partial charge in [-0.15, -0.1) is 0 Å². The number of amides is 2. The van der Waals surface area contributed by atoms with Crippen molar-refractivity contribution in [3.63, 3.8) is 0 Å². The first-order valence-corrected chi connectivity index (χ1v) is 9.45. The molecule has 0 aliphatic carbocycles. The number of ether oxygens (including phenoxy) is 1. The fourth-order valence-electron chi connectivity index (χ4n) is 3.41. The molecule has 2 saturated heterocycles. The van der Waals surface area contributed by atoms with Gasteiger partial charge in [0.2, 0.25) is 5.91 Å². The molecule has 0 aromatic heterocycles. The molecule has 26 heavy (non-hydrogen) atoms. The maximum Gasteiger partial charge on any atom is 0.409 e. The number of nitrogens with one attached hydrogen (secondary N) is 1. The number of hydrogen-bond acceptors (Lipinski definition) is 5. The van der Waals surface area contributed by atoms with E-state index in [0.717, 1.165) is 18.8 Å². The summed E-state index contributed by atoms with van der Waals surface area (Å²) in [4.78, 5) is 29.9. The molecule has 0 saturated carbocycles. The maximum absolute atomic E-state index is 12.4. The normalized spacial score (nSPS) is 17.3. The van der Waals surface area contributed by atoms with Gasteiger partial charge < -0.3 is 24.8 Å². The number of piperazine rings is 1. The van der Waals surface area contributed by atoms with Crippen LogP contribution >= 0.6 is 0 Å². The summed E-state index contributed by atoms with van der Waals surface area (Å²) in [5, 5.41) is 3.20. The molecule has 142 valence electrons. The minimum atomic E-state index is -0.296. The van der Waals surface area contributed by atoms with E-state index >= 15 is 0 Å². The van der Waals surface area contributed by atoms with Crippen LogP contribution < -0.4 is 10.2 Å². The van der Waals surface area contributed by atoms with Crippen LogP contribution in [0.25, 0.3) is 0 Å². The first kappa shape index (κ1) is 18.4. The molecular weight excluding hydrogens is 332 g/mol. The van der Waals surface area contributed by atoms with Crippen LogP contribution in [-0.4, -0.2) is 74.2 Å². The largest absolute Gasteiger partial charge is 0.450 e. The Balaban J connectivity index is 1.42. The average molecular weight is 360 g/mol. The molecule has 1 aromatic rings. The fourth-order valence-corrected chi connectivity index (χ4v) is 3.41. The summed E-state index contributed by atoms with van der Waals surface area (Å²) in [6, 6.07) is 8.27. The van der Waals surface area contributed by atoms with Crippen LogP contribution in [0.2, 0.25) is 0 Å². The molecule has 2 fully saturated rings. The van der Waals surface area contributed by atoms with Gasteiger partial charge >= 0.3 is 6.09 Å². The minimum Gasteiger partial charge on any atom is -0.450 e. The van der Waals surface area contributed by atoms with Gasteiger partial charge in [0.1, 0.15) is 0 Å². The van der Waals surface area contributed by atoms with E-state index in [-0.39, 0.29) is 18.5 Å². The summed E-state index contributed by atoms with van der Waals surface area (Å²) >= 11 is 0. The zero-order valence-corrected chi connectivity index (χ0v) is 15.4. The minimum absolute atomic E-state index is 0.0529. The Labute approximate surface area is 154 Å². The van der Waals surface area contributed by atoms with Crippen LogP contribution in [0.3, 0.4) is 0 Å². The van der Waals surface area contributed by atoms with E-state index in [1.807, 2.05) is 12.1 Å². The summed E-state index contributed by atoms with van der Waals surface area (Å²) in [6.45, 7) is 6.83. The van der Waals surface area contributed by atoms with Crippen molar-refractivity contribution in [1.29, 1.82) is 0 Å². The van der Waals surface area contributed by atoms with Gasteiger partial charge in [-0.05, 0) is 44.0 Å². The van der Waals surface area contributed by atoms with E-state index in [0.29, 0.717) is 32.8 Å². The van der Waals surface area contributed by atoms with E-state index < -0.39 is 0 Å². The van der Waals surface area contributed by atoms with Gasteiger partial charge in [0.15, 0.2) is 0 Å². The molecule has 2 heterocycles. The quantitative estimate of drug-likeness (QED) is 0.870. The molecule has 0 bridgehead atoms. The SMILES string of the molecule is CCOC(=O)N1CCN(C(=O)CNc2ccc(N3CCCC3)cc2)CC1. The second-order valence-electron chi connectivity index (χ2n) is 6.66.